The number of likely N-dealkylation sites (tertiary alicyclic amines) is 1. The fourth-order valence-electron chi connectivity index (χ4n) is 3.53. The van der Waals surface area contributed by atoms with E-state index in [4.69, 9.17) is 0 Å². The minimum Gasteiger partial charge on any atom is -0.336 e. The van der Waals surface area contributed by atoms with Crippen LogP contribution in [0.3, 0.4) is 0 Å². The van der Waals surface area contributed by atoms with E-state index in [1.807, 2.05) is 42.2 Å². The van der Waals surface area contributed by atoms with Gasteiger partial charge in [-0.3, -0.25) is 9.59 Å². The molecule has 0 aliphatic carbocycles. The largest absolute Gasteiger partial charge is 0.336 e. The van der Waals surface area contributed by atoms with Crippen LogP contribution < -0.4 is 5.32 Å². The van der Waals surface area contributed by atoms with Gasteiger partial charge in [-0.15, -0.1) is 0 Å². The fraction of sp³-hybridized carbons (Fsp3) is 0.364. The monoisotopic (exact) mass is 350 g/mol. The van der Waals surface area contributed by atoms with Gasteiger partial charge in [-0.2, -0.15) is 0 Å². The second-order valence-corrected chi connectivity index (χ2v) is 6.91. The van der Waals surface area contributed by atoms with Gasteiger partial charge in [0.05, 0.1) is 0 Å². The highest BCUT2D eigenvalue weighted by Gasteiger charge is 2.26. The highest BCUT2D eigenvalue weighted by molar-refractivity contribution is 6.05. The van der Waals surface area contributed by atoms with Gasteiger partial charge < -0.3 is 10.2 Å². The number of rotatable bonds is 4. The summed E-state index contributed by atoms with van der Waals surface area (Å²) in [6.45, 7) is 4.89. The Bertz CT molecular complexity index is 786. The van der Waals surface area contributed by atoms with Crippen molar-refractivity contribution < 1.29 is 9.59 Å². The molecule has 0 saturated carbocycles. The summed E-state index contributed by atoms with van der Waals surface area (Å²) in [6.07, 6.45) is 4.31. The zero-order valence-corrected chi connectivity index (χ0v) is 15.5. The molecule has 2 aromatic carbocycles. The molecule has 1 heterocycles. The van der Waals surface area contributed by atoms with Crippen LogP contribution in [0.4, 0.5) is 5.69 Å². The van der Waals surface area contributed by atoms with Crippen molar-refractivity contribution in [2.45, 2.75) is 45.6 Å². The van der Waals surface area contributed by atoms with E-state index in [1.54, 1.807) is 18.2 Å². The molecule has 1 atom stereocenters. The predicted molar refractivity (Wildman–Crippen MR) is 105 cm³/mol. The lowest BCUT2D eigenvalue weighted by Gasteiger charge is -2.35. The number of amides is 2. The number of nitrogens with zero attached hydrogens (tertiary/aromatic N) is 1. The Kier molecular flexibility index (Phi) is 5.71. The molecule has 0 bridgehead atoms. The third-order valence-corrected chi connectivity index (χ3v) is 5.13. The average Bonchev–Trinajstić information content (AvgIpc) is 2.69. The van der Waals surface area contributed by atoms with Gasteiger partial charge in [0.15, 0.2) is 0 Å². The first-order chi connectivity index (χ1) is 12.6. The number of benzene rings is 2. The second kappa shape index (κ2) is 8.17. The van der Waals surface area contributed by atoms with Gasteiger partial charge in [-0.25, -0.2) is 0 Å². The molecule has 0 aromatic heterocycles. The number of nitrogens with one attached hydrogen (secondary N) is 1. The van der Waals surface area contributed by atoms with Crippen molar-refractivity contribution in [1.82, 2.24) is 4.90 Å². The molecule has 2 amide bonds. The Labute approximate surface area is 155 Å². The Morgan fingerprint density at radius 2 is 1.85 bits per heavy atom. The first-order valence-electron chi connectivity index (χ1n) is 9.38. The van der Waals surface area contributed by atoms with Gasteiger partial charge in [0.1, 0.15) is 0 Å². The number of aryl methyl sites for hydroxylation is 1. The molecular formula is C22H26N2O2. The smallest absolute Gasteiger partial charge is 0.255 e. The number of hydrogen-bond acceptors (Lipinski definition) is 2. The van der Waals surface area contributed by atoms with Crippen LogP contribution in [-0.2, 0) is 0 Å². The lowest BCUT2D eigenvalue weighted by molar-refractivity contribution is 0.0608. The topological polar surface area (TPSA) is 49.4 Å². The van der Waals surface area contributed by atoms with Crippen molar-refractivity contribution >= 4 is 17.5 Å². The van der Waals surface area contributed by atoms with Gasteiger partial charge in [0.25, 0.3) is 11.8 Å². The summed E-state index contributed by atoms with van der Waals surface area (Å²) in [7, 11) is 0. The molecule has 1 N–H and O–H groups in total. The predicted octanol–water partition coefficient (Wildman–Crippen LogP) is 4.65. The zero-order valence-electron chi connectivity index (χ0n) is 15.5. The van der Waals surface area contributed by atoms with Gasteiger partial charge in [-0.1, -0.05) is 31.2 Å². The first kappa shape index (κ1) is 18.2. The first-order valence-corrected chi connectivity index (χ1v) is 9.38. The highest BCUT2D eigenvalue weighted by atomic mass is 16.2. The zero-order chi connectivity index (χ0) is 18.5. The van der Waals surface area contributed by atoms with E-state index in [0.29, 0.717) is 22.9 Å². The number of carbonyl (C=O) groups is 2. The molecule has 1 unspecified atom stereocenters. The van der Waals surface area contributed by atoms with Crippen LogP contribution in [0, 0.1) is 6.92 Å². The van der Waals surface area contributed by atoms with E-state index in [2.05, 4.69) is 12.2 Å². The summed E-state index contributed by atoms with van der Waals surface area (Å²) in [5, 5.41) is 2.94. The molecule has 136 valence electrons. The van der Waals surface area contributed by atoms with E-state index in [1.165, 1.54) is 6.42 Å². The van der Waals surface area contributed by atoms with Crippen LogP contribution in [0.1, 0.15) is 58.9 Å². The third kappa shape index (κ3) is 3.96. The molecule has 1 aliphatic rings. The Morgan fingerprint density at radius 1 is 1.08 bits per heavy atom. The lowest BCUT2D eigenvalue weighted by atomic mass is 9.98. The molecule has 1 aliphatic heterocycles. The lowest BCUT2D eigenvalue weighted by Crippen LogP contribution is -2.43. The standard InChI is InChI=1S/C22H26N2O2/c1-3-19-11-7-8-14-24(19)22(26)18-13-12-16(2)20(15-18)23-21(25)17-9-5-4-6-10-17/h4-6,9-10,12-13,15,19H,3,7-8,11,14H2,1-2H3,(H,23,25). The molecule has 3 rings (SSSR count). The molecule has 0 spiro atoms. The van der Waals surface area contributed by atoms with Crippen LogP contribution in [0.25, 0.3) is 0 Å². The number of carbonyl (C=O) groups excluding carboxylic acids is 2. The maximum absolute atomic E-state index is 13.0. The molecule has 2 aromatic rings. The van der Waals surface area contributed by atoms with Crippen LogP contribution >= 0.6 is 0 Å². The minimum atomic E-state index is -0.164. The summed E-state index contributed by atoms with van der Waals surface area (Å²) in [6, 6.07) is 15.0. The molecule has 0 radical (unpaired) electrons. The summed E-state index contributed by atoms with van der Waals surface area (Å²) in [5.74, 6) is -0.102. The van der Waals surface area contributed by atoms with E-state index in [0.717, 1.165) is 31.4 Å². The Balaban J connectivity index is 1.81. The van der Waals surface area contributed by atoms with E-state index in [-0.39, 0.29) is 11.8 Å². The van der Waals surface area contributed by atoms with Crippen LogP contribution in [0.15, 0.2) is 48.5 Å². The maximum atomic E-state index is 13.0. The van der Waals surface area contributed by atoms with Crippen molar-refractivity contribution in [3.05, 3.63) is 65.2 Å². The van der Waals surface area contributed by atoms with E-state index in [9.17, 15) is 9.59 Å². The molecule has 26 heavy (non-hydrogen) atoms. The molecule has 4 heteroatoms. The van der Waals surface area contributed by atoms with Gasteiger partial charge in [-0.05, 0) is 62.4 Å². The summed E-state index contributed by atoms with van der Waals surface area (Å²) >= 11 is 0. The molecular weight excluding hydrogens is 324 g/mol. The van der Waals surface area contributed by atoms with Crippen LogP contribution in [0.5, 0.6) is 0 Å². The van der Waals surface area contributed by atoms with Crippen molar-refractivity contribution in [3.63, 3.8) is 0 Å². The van der Waals surface area contributed by atoms with E-state index < -0.39 is 0 Å². The van der Waals surface area contributed by atoms with Gasteiger partial charge in [0.2, 0.25) is 0 Å². The van der Waals surface area contributed by atoms with Crippen LogP contribution in [0.2, 0.25) is 0 Å². The van der Waals surface area contributed by atoms with Crippen molar-refractivity contribution in [2.24, 2.45) is 0 Å². The van der Waals surface area contributed by atoms with Gasteiger partial charge >= 0.3 is 0 Å². The minimum absolute atomic E-state index is 0.0618. The number of anilines is 1. The Morgan fingerprint density at radius 3 is 2.58 bits per heavy atom. The summed E-state index contributed by atoms with van der Waals surface area (Å²) in [5.41, 5.74) is 2.87. The Hall–Kier alpha value is -2.62. The second-order valence-electron chi connectivity index (χ2n) is 6.91. The maximum Gasteiger partial charge on any atom is 0.255 e. The SMILES string of the molecule is CCC1CCCCN1C(=O)c1ccc(C)c(NC(=O)c2ccccc2)c1. The normalized spacial score (nSPS) is 17.0. The quantitative estimate of drug-likeness (QED) is 0.872. The van der Waals surface area contributed by atoms with Crippen molar-refractivity contribution in [2.75, 3.05) is 11.9 Å². The number of piperidine rings is 1. The number of hydrogen-bond donors (Lipinski definition) is 1. The van der Waals surface area contributed by atoms with E-state index >= 15 is 0 Å². The molecule has 4 nitrogen and oxygen atoms in total. The van der Waals surface area contributed by atoms with Crippen LogP contribution in [-0.4, -0.2) is 29.3 Å². The summed E-state index contributed by atoms with van der Waals surface area (Å²) in [4.78, 5) is 27.4. The van der Waals surface area contributed by atoms with Crippen molar-refractivity contribution in [1.29, 1.82) is 0 Å². The average molecular weight is 350 g/mol. The summed E-state index contributed by atoms with van der Waals surface area (Å²) < 4.78 is 0. The van der Waals surface area contributed by atoms with Crippen molar-refractivity contribution in [3.8, 4) is 0 Å². The molecule has 1 fully saturated rings. The highest BCUT2D eigenvalue weighted by Crippen LogP contribution is 2.24. The third-order valence-electron chi connectivity index (χ3n) is 5.13. The fourth-order valence-corrected chi connectivity index (χ4v) is 3.53. The molecule has 1 saturated heterocycles. The van der Waals surface area contributed by atoms with Gasteiger partial charge in [0, 0.05) is 29.4 Å².